The molecule has 1 aromatic heterocycles. The van der Waals surface area contributed by atoms with E-state index in [9.17, 15) is 5.11 Å². The third kappa shape index (κ3) is 2.41. The van der Waals surface area contributed by atoms with Gasteiger partial charge in [0.05, 0.1) is 12.3 Å². The summed E-state index contributed by atoms with van der Waals surface area (Å²) in [5.74, 6) is 1.31. The van der Waals surface area contributed by atoms with Crippen molar-refractivity contribution in [1.82, 2.24) is 5.16 Å². The molecule has 0 bridgehead atoms. The van der Waals surface area contributed by atoms with Crippen molar-refractivity contribution in [2.24, 2.45) is 0 Å². The van der Waals surface area contributed by atoms with Gasteiger partial charge in [-0.1, -0.05) is 23.4 Å². The molecule has 4 heteroatoms. The maximum absolute atomic E-state index is 9.55. The molecule has 1 N–H and O–H groups in total. The number of aliphatic hydroxyl groups excluding tert-OH is 1. The third-order valence-corrected chi connectivity index (χ3v) is 2.23. The average Bonchev–Trinajstić information content (AvgIpc) is 2.79. The minimum Gasteiger partial charge on any atom is -0.485 e. The van der Waals surface area contributed by atoms with Crippen molar-refractivity contribution in [1.29, 1.82) is 0 Å². The van der Waals surface area contributed by atoms with E-state index >= 15 is 0 Å². The number of aliphatic hydroxyl groups is 1. The van der Waals surface area contributed by atoms with Crippen molar-refractivity contribution in [2.45, 2.75) is 19.6 Å². The predicted octanol–water partition coefficient (Wildman–Crippen LogP) is 2.31. The Morgan fingerprint density at radius 3 is 2.88 bits per heavy atom. The highest BCUT2D eigenvalue weighted by Gasteiger charge is 2.08. The molecule has 0 amide bonds. The Labute approximate surface area is 93.5 Å². The lowest BCUT2D eigenvalue weighted by Crippen LogP contribution is -2.00. The van der Waals surface area contributed by atoms with Crippen LogP contribution in [0.3, 0.4) is 0 Å². The van der Waals surface area contributed by atoms with Crippen molar-refractivity contribution >= 4 is 0 Å². The number of nitrogens with zero attached hydrogens (tertiary/aromatic N) is 1. The average molecular weight is 219 g/mol. The molecule has 0 saturated heterocycles. The first-order valence-electron chi connectivity index (χ1n) is 5.06. The summed E-state index contributed by atoms with van der Waals surface area (Å²) in [6.45, 7) is 2.01. The Hall–Kier alpha value is -1.81. The molecule has 0 unspecified atom stereocenters. The van der Waals surface area contributed by atoms with Gasteiger partial charge in [0.25, 0.3) is 0 Å². The molecule has 2 rings (SSSR count). The summed E-state index contributed by atoms with van der Waals surface area (Å²) < 4.78 is 10.5. The van der Waals surface area contributed by atoms with E-state index in [1.165, 1.54) is 0 Å². The minimum absolute atomic E-state index is 0.309. The molecule has 2 aromatic rings. The molecule has 4 nitrogen and oxygen atoms in total. The van der Waals surface area contributed by atoms with E-state index in [-0.39, 0.29) is 0 Å². The van der Waals surface area contributed by atoms with Crippen LogP contribution in [0, 0.1) is 0 Å². The number of aromatic nitrogens is 1. The molecular weight excluding hydrogens is 206 g/mol. The van der Waals surface area contributed by atoms with Crippen LogP contribution in [-0.4, -0.2) is 10.3 Å². The number of hydrogen-bond donors (Lipinski definition) is 1. The van der Waals surface area contributed by atoms with Gasteiger partial charge in [-0.3, -0.25) is 0 Å². The smallest absolute Gasteiger partial charge is 0.174 e. The summed E-state index contributed by atoms with van der Waals surface area (Å²) in [6, 6.07) is 9.12. The Balaban J connectivity index is 2.09. The van der Waals surface area contributed by atoms with Crippen LogP contribution in [0.4, 0.5) is 0 Å². The fraction of sp³-hybridized carbons (Fsp3) is 0.250. The molecule has 0 saturated carbocycles. The van der Waals surface area contributed by atoms with Crippen molar-refractivity contribution in [3.05, 3.63) is 47.9 Å². The van der Waals surface area contributed by atoms with Crippen LogP contribution in [0.1, 0.15) is 24.4 Å². The van der Waals surface area contributed by atoms with Crippen molar-refractivity contribution in [2.75, 3.05) is 0 Å². The van der Waals surface area contributed by atoms with Crippen LogP contribution >= 0.6 is 0 Å². The Morgan fingerprint density at radius 1 is 1.38 bits per heavy atom. The fourth-order valence-electron chi connectivity index (χ4n) is 1.42. The topological polar surface area (TPSA) is 55.5 Å². The van der Waals surface area contributed by atoms with E-state index < -0.39 is 6.10 Å². The highest BCUT2D eigenvalue weighted by atomic mass is 16.5. The maximum atomic E-state index is 9.55. The SMILES string of the molecule is C[C@H](O)c1ccccc1OCc1ccno1. The first-order valence-corrected chi connectivity index (χ1v) is 5.06. The Bertz CT molecular complexity index is 437. The molecule has 0 spiro atoms. The monoisotopic (exact) mass is 219 g/mol. The standard InChI is InChI=1S/C12H13NO3/c1-9(14)11-4-2-3-5-12(11)15-8-10-6-7-13-16-10/h2-7,9,14H,8H2,1H3/t9-/m0/s1. The van der Waals surface area contributed by atoms with E-state index in [4.69, 9.17) is 9.26 Å². The van der Waals surface area contributed by atoms with Crippen LogP contribution in [0.5, 0.6) is 5.75 Å². The quantitative estimate of drug-likeness (QED) is 0.857. The van der Waals surface area contributed by atoms with E-state index in [1.54, 1.807) is 19.2 Å². The highest BCUT2D eigenvalue weighted by molar-refractivity contribution is 5.34. The molecule has 16 heavy (non-hydrogen) atoms. The van der Waals surface area contributed by atoms with Gasteiger partial charge in [-0.05, 0) is 13.0 Å². The van der Waals surface area contributed by atoms with Crippen molar-refractivity contribution in [3.8, 4) is 5.75 Å². The Kier molecular flexibility index (Phi) is 3.22. The molecule has 0 aliphatic rings. The van der Waals surface area contributed by atoms with E-state index in [0.717, 1.165) is 5.56 Å². The normalized spacial score (nSPS) is 12.4. The molecule has 1 atom stereocenters. The first kappa shape index (κ1) is 10.7. The number of rotatable bonds is 4. The zero-order valence-electron chi connectivity index (χ0n) is 8.96. The van der Waals surface area contributed by atoms with Crippen LogP contribution in [0.25, 0.3) is 0 Å². The van der Waals surface area contributed by atoms with Crippen molar-refractivity contribution < 1.29 is 14.4 Å². The largest absolute Gasteiger partial charge is 0.485 e. The number of para-hydroxylation sites is 1. The lowest BCUT2D eigenvalue weighted by atomic mass is 10.1. The molecule has 0 fully saturated rings. The number of benzene rings is 1. The maximum Gasteiger partial charge on any atom is 0.174 e. The van der Waals surface area contributed by atoms with Gasteiger partial charge in [0.2, 0.25) is 0 Å². The van der Waals surface area contributed by atoms with Gasteiger partial charge >= 0.3 is 0 Å². The minimum atomic E-state index is -0.550. The van der Waals surface area contributed by atoms with Gasteiger partial charge in [0.1, 0.15) is 12.4 Å². The van der Waals surface area contributed by atoms with E-state index in [0.29, 0.717) is 18.1 Å². The van der Waals surface area contributed by atoms with Crippen molar-refractivity contribution in [3.63, 3.8) is 0 Å². The van der Waals surface area contributed by atoms with Gasteiger partial charge in [-0.15, -0.1) is 0 Å². The zero-order valence-corrected chi connectivity index (χ0v) is 8.96. The number of hydrogen-bond acceptors (Lipinski definition) is 4. The summed E-state index contributed by atoms with van der Waals surface area (Å²) in [6.07, 6.45) is 1.02. The molecule has 0 radical (unpaired) electrons. The summed E-state index contributed by atoms with van der Waals surface area (Å²) in [4.78, 5) is 0. The zero-order chi connectivity index (χ0) is 11.4. The second kappa shape index (κ2) is 4.81. The van der Waals surface area contributed by atoms with Crippen LogP contribution < -0.4 is 4.74 Å². The van der Waals surface area contributed by atoms with Gasteiger partial charge in [-0.25, -0.2) is 0 Å². The molecular formula is C12H13NO3. The fourth-order valence-corrected chi connectivity index (χ4v) is 1.42. The molecule has 84 valence electrons. The van der Waals surface area contributed by atoms with E-state index in [1.807, 2.05) is 24.3 Å². The molecule has 1 heterocycles. The molecule has 1 aromatic carbocycles. The number of ether oxygens (including phenoxy) is 1. The Morgan fingerprint density at radius 2 is 2.19 bits per heavy atom. The summed E-state index contributed by atoms with van der Waals surface area (Å²) in [7, 11) is 0. The van der Waals surface area contributed by atoms with Gasteiger partial charge in [-0.2, -0.15) is 0 Å². The van der Waals surface area contributed by atoms with E-state index in [2.05, 4.69) is 5.16 Å². The molecule has 0 aliphatic carbocycles. The van der Waals surface area contributed by atoms with Crippen LogP contribution in [0.15, 0.2) is 41.1 Å². The van der Waals surface area contributed by atoms with Gasteiger partial charge in [0.15, 0.2) is 5.76 Å². The van der Waals surface area contributed by atoms with Crippen LogP contribution in [-0.2, 0) is 6.61 Å². The molecule has 0 aliphatic heterocycles. The summed E-state index contributed by atoms with van der Waals surface area (Å²) in [5.41, 5.74) is 0.766. The predicted molar refractivity (Wildman–Crippen MR) is 57.9 cm³/mol. The van der Waals surface area contributed by atoms with Gasteiger partial charge in [0, 0.05) is 11.6 Å². The lowest BCUT2D eigenvalue weighted by Gasteiger charge is -2.11. The summed E-state index contributed by atoms with van der Waals surface area (Å²) in [5, 5.41) is 13.1. The van der Waals surface area contributed by atoms with Crippen LogP contribution in [0.2, 0.25) is 0 Å². The van der Waals surface area contributed by atoms with Gasteiger partial charge < -0.3 is 14.4 Å². The lowest BCUT2D eigenvalue weighted by molar-refractivity contribution is 0.186. The highest BCUT2D eigenvalue weighted by Crippen LogP contribution is 2.25. The second-order valence-corrected chi connectivity index (χ2v) is 3.48. The third-order valence-electron chi connectivity index (χ3n) is 2.23. The summed E-state index contributed by atoms with van der Waals surface area (Å²) >= 11 is 0. The first-order chi connectivity index (χ1) is 7.77. The second-order valence-electron chi connectivity index (χ2n) is 3.48.